The Hall–Kier alpha value is -0.750. The Balaban J connectivity index is 2.51. The third kappa shape index (κ3) is 3.89. The molecule has 1 rings (SSSR count). The average molecular weight is 260 g/mol. The minimum Gasteiger partial charge on any atom is -0.480 e. The number of carbonyl (C=O) groups is 2. The lowest BCUT2D eigenvalue weighted by Crippen LogP contribution is -2.44. The molecule has 0 bridgehead atoms. The van der Waals surface area contributed by atoms with Gasteiger partial charge in [0, 0.05) is 18.2 Å². The summed E-state index contributed by atoms with van der Waals surface area (Å²) in [6.45, 7) is 3.77. The van der Waals surface area contributed by atoms with Crippen molar-refractivity contribution >= 4 is 23.6 Å². The molecule has 0 saturated carbocycles. The minimum absolute atomic E-state index is 0.0427. The van der Waals surface area contributed by atoms with E-state index >= 15 is 0 Å². The number of carboxylic acid groups (broad SMARTS) is 1. The zero-order chi connectivity index (χ0) is 13.0. The highest BCUT2D eigenvalue weighted by Crippen LogP contribution is 2.29. The van der Waals surface area contributed by atoms with E-state index < -0.39 is 12.0 Å². The molecule has 1 fully saturated rings. The van der Waals surface area contributed by atoms with Crippen molar-refractivity contribution in [2.24, 2.45) is 5.73 Å². The van der Waals surface area contributed by atoms with Crippen molar-refractivity contribution in [3.63, 3.8) is 0 Å². The standard InChI is InChI=1S/C11H20N2O3S/c1-7(12)4-3-5-10(14)13-8(2)17-6-9(13)11(15)16/h7-9H,3-6,12H2,1-2H3,(H,15,16). The maximum atomic E-state index is 12.0. The largest absolute Gasteiger partial charge is 0.480 e. The van der Waals surface area contributed by atoms with Crippen LogP contribution in [0.3, 0.4) is 0 Å². The molecule has 17 heavy (non-hydrogen) atoms. The molecule has 0 aromatic rings. The maximum Gasteiger partial charge on any atom is 0.327 e. The Morgan fingerprint density at radius 2 is 2.24 bits per heavy atom. The van der Waals surface area contributed by atoms with E-state index in [1.165, 1.54) is 16.7 Å². The molecule has 6 heteroatoms. The second-order valence-electron chi connectivity index (χ2n) is 4.46. The Bertz CT molecular complexity index is 296. The van der Waals surface area contributed by atoms with Crippen LogP contribution in [-0.4, -0.2) is 45.1 Å². The van der Waals surface area contributed by atoms with Gasteiger partial charge in [-0.05, 0) is 26.7 Å². The molecule has 0 aromatic heterocycles. The summed E-state index contributed by atoms with van der Waals surface area (Å²) >= 11 is 1.51. The van der Waals surface area contributed by atoms with Crippen molar-refractivity contribution < 1.29 is 14.7 Å². The van der Waals surface area contributed by atoms with Crippen LogP contribution in [0.5, 0.6) is 0 Å². The SMILES string of the molecule is CC(N)CCCC(=O)N1C(C)SCC1C(=O)O. The first kappa shape index (κ1) is 14.3. The summed E-state index contributed by atoms with van der Waals surface area (Å²) < 4.78 is 0. The number of nitrogens with two attached hydrogens (primary N) is 1. The normalized spacial score (nSPS) is 25.9. The molecule has 98 valence electrons. The molecular weight excluding hydrogens is 240 g/mol. The first-order valence-electron chi connectivity index (χ1n) is 5.84. The second-order valence-corrected chi connectivity index (χ2v) is 5.81. The predicted molar refractivity (Wildman–Crippen MR) is 67.7 cm³/mol. The summed E-state index contributed by atoms with van der Waals surface area (Å²) in [6, 6.07) is -0.582. The van der Waals surface area contributed by atoms with Crippen molar-refractivity contribution in [2.75, 3.05) is 5.75 Å². The molecule has 1 aliphatic rings. The minimum atomic E-state index is -0.914. The topological polar surface area (TPSA) is 83.6 Å². The zero-order valence-corrected chi connectivity index (χ0v) is 11.1. The highest BCUT2D eigenvalue weighted by molar-refractivity contribution is 8.00. The summed E-state index contributed by atoms with van der Waals surface area (Å²) in [6.07, 6.45) is 1.89. The number of nitrogens with zero attached hydrogens (tertiary/aromatic N) is 1. The molecule has 0 aliphatic carbocycles. The van der Waals surface area contributed by atoms with Crippen LogP contribution in [0, 0.1) is 0 Å². The summed E-state index contributed by atoms with van der Waals surface area (Å²) in [5, 5.41) is 8.99. The molecule has 1 saturated heterocycles. The van der Waals surface area contributed by atoms with E-state index in [2.05, 4.69) is 0 Å². The smallest absolute Gasteiger partial charge is 0.327 e. The monoisotopic (exact) mass is 260 g/mol. The number of carboxylic acids is 1. The molecule has 1 heterocycles. The summed E-state index contributed by atoms with van der Waals surface area (Å²) in [7, 11) is 0. The van der Waals surface area contributed by atoms with E-state index in [1.54, 1.807) is 0 Å². The van der Waals surface area contributed by atoms with Crippen molar-refractivity contribution in [3.05, 3.63) is 0 Å². The number of hydrogen-bond acceptors (Lipinski definition) is 4. The number of rotatable bonds is 5. The van der Waals surface area contributed by atoms with Crippen LogP contribution in [0.15, 0.2) is 0 Å². The number of carbonyl (C=O) groups excluding carboxylic acids is 1. The van der Waals surface area contributed by atoms with Gasteiger partial charge < -0.3 is 15.7 Å². The van der Waals surface area contributed by atoms with E-state index in [0.717, 1.165) is 12.8 Å². The van der Waals surface area contributed by atoms with Crippen LogP contribution < -0.4 is 5.73 Å². The van der Waals surface area contributed by atoms with Crippen LogP contribution in [0.2, 0.25) is 0 Å². The van der Waals surface area contributed by atoms with Crippen LogP contribution in [0.25, 0.3) is 0 Å². The van der Waals surface area contributed by atoms with Gasteiger partial charge in [0.25, 0.3) is 0 Å². The van der Waals surface area contributed by atoms with Gasteiger partial charge in [-0.15, -0.1) is 11.8 Å². The molecule has 0 aromatic carbocycles. The van der Waals surface area contributed by atoms with Gasteiger partial charge in [-0.25, -0.2) is 4.79 Å². The lowest BCUT2D eigenvalue weighted by Gasteiger charge is -2.25. The van der Waals surface area contributed by atoms with E-state index in [0.29, 0.717) is 12.2 Å². The van der Waals surface area contributed by atoms with Crippen molar-refractivity contribution in [3.8, 4) is 0 Å². The van der Waals surface area contributed by atoms with Gasteiger partial charge in [-0.3, -0.25) is 4.79 Å². The predicted octanol–water partition coefficient (Wildman–Crippen LogP) is 0.879. The molecule has 0 radical (unpaired) electrons. The van der Waals surface area contributed by atoms with Gasteiger partial charge in [0.15, 0.2) is 0 Å². The fraction of sp³-hybridized carbons (Fsp3) is 0.818. The zero-order valence-electron chi connectivity index (χ0n) is 10.3. The highest BCUT2D eigenvalue weighted by atomic mass is 32.2. The van der Waals surface area contributed by atoms with Gasteiger partial charge >= 0.3 is 5.97 Å². The number of thioether (sulfide) groups is 1. The van der Waals surface area contributed by atoms with Gasteiger partial charge in [-0.2, -0.15) is 0 Å². The molecule has 0 spiro atoms. The van der Waals surface area contributed by atoms with Crippen LogP contribution >= 0.6 is 11.8 Å². The molecule has 5 nitrogen and oxygen atoms in total. The average Bonchev–Trinajstić information content (AvgIpc) is 2.59. The van der Waals surface area contributed by atoms with E-state index in [-0.39, 0.29) is 17.3 Å². The van der Waals surface area contributed by atoms with Crippen LogP contribution in [0.1, 0.15) is 33.1 Å². The fourth-order valence-electron chi connectivity index (χ4n) is 1.92. The van der Waals surface area contributed by atoms with Crippen LogP contribution in [-0.2, 0) is 9.59 Å². The molecule has 3 unspecified atom stereocenters. The van der Waals surface area contributed by atoms with Gasteiger partial charge in [0.05, 0.1) is 5.37 Å². The maximum absolute atomic E-state index is 12.0. The Morgan fingerprint density at radius 1 is 1.59 bits per heavy atom. The van der Waals surface area contributed by atoms with Crippen molar-refractivity contribution in [1.82, 2.24) is 4.90 Å². The van der Waals surface area contributed by atoms with E-state index in [9.17, 15) is 9.59 Å². The van der Waals surface area contributed by atoms with Crippen molar-refractivity contribution in [1.29, 1.82) is 0 Å². The highest BCUT2D eigenvalue weighted by Gasteiger charge is 2.38. The lowest BCUT2D eigenvalue weighted by atomic mass is 10.1. The first-order chi connectivity index (χ1) is 7.93. The first-order valence-corrected chi connectivity index (χ1v) is 6.89. The summed E-state index contributed by atoms with van der Waals surface area (Å²) in [4.78, 5) is 24.5. The Labute approximate surface area is 106 Å². The molecule has 1 amide bonds. The van der Waals surface area contributed by atoms with Crippen LogP contribution in [0.4, 0.5) is 0 Å². The van der Waals surface area contributed by atoms with Crippen molar-refractivity contribution in [2.45, 2.75) is 50.6 Å². The molecule has 3 atom stereocenters. The number of amides is 1. The molecule has 3 N–H and O–H groups in total. The quantitative estimate of drug-likeness (QED) is 0.766. The number of aliphatic carboxylic acids is 1. The van der Waals surface area contributed by atoms with Gasteiger partial charge in [0.2, 0.25) is 5.91 Å². The second kappa shape index (κ2) is 6.26. The third-order valence-corrected chi connectivity index (χ3v) is 4.06. The fourth-order valence-corrected chi connectivity index (χ4v) is 3.10. The third-order valence-electron chi connectivity index (χ3n) is 2.85. The lowest BCUT2D eigenvalue weighted by molar-refractivity contribution is -0.148. The Kier molecular flexibility index (Phi) is 5.27. The van der Waals surface area contributed by atoms with E-state index in [4.69, 9.17) is 10.8 Å². The molecule has 1 aliphatic heterocycles. The summed E-state index contributed by atoms with van der Waals surface area (Å²) in [5.74, 6) is -0.506. The number of hydrogen-bond donors (Lipinski definition) is 2. The summed E-state index contributed by atoms with van der Waals surface area (Å²) in [5.41, 5.74) is 5.61. The van der Waals surface area contributed by atoms with Gasteiger partial charge in [-0.1, -0.05) is 0 Å². The molecular formula is C11H20N2O3S. The Morgan fingerprint density at radius 3 is 2.76 bits per heavy atom. The van der Waals surface area contributed by atoms with E-state index in [1.807, 2.05) is 13.8 Å². The van der Waals surface area contributed by atoms with Gasteiger partial charge in [0.1, 0.15) is 6.04 Å².